The van der Waals surface area contributed by atoms with Gasteiger partial charge >= 0.3 is 0 Å². The fourth-order valence-electron chi connectivity index (χ4n) is 1.22. The van der Waals surface area contributed by atoms with Crippen molar-refractivity contribution >= 4 is 0 Å². The lowest BCUT2D eigenvalue weighted by Gasteiger charge is -2.15. The summed E-state index contributed by atoms with van der Waals surface area (Å²) in [5, 5.41) is 0. The van der Waals surface area contributed by atoms with Gasteiger partial charge in [0.1, 0.15) is 6.10 Å². The first-order chi connectivity index (χ1) is 4.88. The maximum Gasteiger partial charge on any atom is 0.107 e. The summed E-state index contributed by atoms with van der Waals surface area (Å²) in [6.45, 7) is 1.44. The quantitative estimate of drug-likeness (QED) is 0.578. The summed E-state index contributed by atoms with van der Waals surface area (Å²) < 4.78 is 15.5. The Balaban J connectivity index is 2.27. The zero-order valence-corrected chi connectivity index (χ0v) is 6.50. The van der Waals surface area contributed by atoms with Gasteiger partial charge in [-0.2, -0.15) is 0 Å². The second kappa shape index (κ2) is 3.91. The van der Waals surface area contributed by atoms with Crippen molar-refractivity contribution in [1.82, 2.24) is 0 Å². The van der Waals surface area contributed by atoms with Crippen molar-refractivity contribution in [2.24, 2.45) is 0 Å². The second-order valence-electron chi connectivity index (χ2n) is 2.43. The maximum absolute atomic E-state index is 5.35. The highest BCUT2D eigenvalue weighted by Crippen LogP contribution is 2.15. The van der Waals surface area contributed by atoms with Gasteiger partial charge in [0.05, 0.1) is 12.7 Å². The van der Waals surface area contributed by atoms with E-state index in [1.807, 2.05) is 0 Å². The lowest BCUT2D eigenvalue weighted by atomic mass is 10.2. The Morgan fingerprint density at radius 1 is 1.50 bits per heavy atom. The maximum atomic E-state index is 5.35. The Bertz CT molecular complexity index is 94.9. The van der Waals surface area contributed by atoms with Crippen LogP contribution in [0.3, 0.4) is 0 Å². The molecule has 0 aromatic carbocycles. The van der Waals surface area contributed by atoms with Crippen molar-refractivity contribution in [1.29, 1.82) is 0 Å². The molecule has 60 valence electrons. The molecule has 0 radical (unpaired) electrons. The summed E-state index contributed by atoms with van der Waals surface area (Å²) in [4.78, 5) is 0. The van der Waals surface area contributed by atoms with Crippen LogP contribution in [0.2, 0.25) is 0 Å². The van der Waals surface area contributed by atoms with E-state index in [4.69, 9.17) is 14.2 Å². The Morgan fingerprint density at radius 3 is 2.90 bits per heavy atom. The fourth-order valence-corrected chi connectivity index (χ4v) is 1.22. The van der Waals surface area contributed by atoms with Crippen molar-refractivity contribution in [2.75, 3.05) is 27.4 Å². The van der Waals surface area contributed by atoms with Gasteiger partial charge in [0.15, 0.2) is 0 Å². The highest BCUT2D eigenvalue weighted by atomic mass is 16.6. The van der Waals surface area contributed by atoms with Crippen LogP contribution in [0.25, 0.3) is 0 Å². The molecule has 2 atom stereocenters. The number of hydrogen-bond donors (Lipinski definition) is 0. The summed E-state index contributed by atoms with van der Waals surface area (Å²) in [5.74, 6) is 0. The van der Waals surface area contributed by atoms with Gasteiger partial charge in [-0.25, -0.2) is 0 Å². The second-order valence-corrected chi connectivity index (χ2v) is 2.43. The van der Waals surface area contributed by atoms with Crippen LogP contribution in [-0.4, -0.2) is 39.6 Å². The molecule has 1 fully saturated rings. The third-order valence-electron chi connectivity index (χ3n) is 1.78. The molecule has 0 N–H and O–H groups in total. The van der Waals surface area contributed by atoms with Crippen LogP contribution < -0.4 is 0 Å². The molecule has 0 saturated carbocycles. The molecule has 1 rings (SSSR count). The normalized spacial score (nSPS) is 33.0. The van der Waals surface area contributed by atoms with E-state index in [1.54, 1.807) is 14.2 Å². The van der Waals surface area contributed by atoms with Gasteiger partial charge in [0, 0.05) is 20.8 Å². The Hall–Kier alpha value is -0.120. The topological polar surface area (TPSA) is 27.7 Å². The molecule has 3 nitrogen and oxygen atoms in total. The van der Waals surface area contributed by atoms with Crippen molar-refractivity contribution in [3.63, 3.8) is 0 Å². The van der Waals surface area contributed by atoms with Gasteiger partial charge in [-0.1, -0.05) is 0 Å². The zero-order valence-electron chi connectivity index (χ0n) is 6.50. The first-order valence-electron chi connectivity index (χ1n) is 3.52. The average molecular weight is 146 g/mol. The molecule has 1 saturated heterocycles. The third-order valence-corrected chi connectivity index (χ3v) is 1.78. The van der Waals surface area contributed by atoms with Crippen LogP contribution in [-0.2, 0) is 14.2 Å². The Morgan fingerprint density at radius 2 is 2.30 bits per heavy atom. The average Bonchev–Trinajstić information content (AvgIpc) is 2.36. The smallest absolute Gasteiger partial charge is 0.107 e. The molecule has 0 amide bonds. The summed E-state index contributed by atoms with van der Waals surface area (Å²) in [6.07, 6.45) is 1.37. The summed E-state index contributed by atoms with van der Waals surface area (Å²) in [6, 6.07) is 0. The molecular weight excluding hydrogens is 132 g/mol. The molecule has 0 unspecified atom stereocenters. The van der Waals surface area contributed by atoms with Crippen LogP contribution in [0.15, 0.2) is 0 Å². The molecule has 1 aliphatic heterocycles. The van der Waals surface area contributed by atoms with E-state index in [1.165, 1.54) is 0 Å². The van der Waals surface area contributed by atoms with E-state index in [-0.39, 0.29) is 12.2 Å². The van der Waals surface area contributed by atoms with Gasteiger partial charge in [0.2, 0.25) is 0 Å². The minimum atomic E-state index is 0.148. The Labute approximate surface area is 61.3 Å². The van der Waals surface area contributed by atoms with Gasteiger partial charge in [0.25, 0.3) is 0 Å². The molecule has 0 spiro atoms. The minimum Gasteiger partial charge on any atom is -0.382 e. The molecule has 1 aliphatic rings. The van der Waals surface area contributed by atoms with Crippen molar-refractivity contribution in [2.45, 2.75) is 18.6 Å². The van der Waals surface area contributed by atoms with E-state index in [0.717, 1.165) is 13.0 Å². The Kier molecular flexibility index (Phi) is 3.12. The summed E-state index contributed by atoms with van der Waals surface area (Å²) in [5.41, 5.74) is 0. The molecule has 10 heavy (non-hydrogen) atoms. The van der Waals surface area contributed by atoms with Crippen molar-refractivity contribution < 1.29 is 14.2 Å². The monoisotopic (exact) mass is 146 g/mol. The molecule has 0 aromatic rings. The van der Waals surface area contributed by atoms with Gasteiger partial charge < -0.3 is 14.2 Å². The molecule has 3 heteroatoms. The zero-order chi connectivity index (χ0) is 7.40. The first-order valence-corrected chi connectivity index (χ1v) is 3.52. The number of rotatable bonds is 3. The standard InChI is InChI=1S/C7H14O3/c1-8-5-7-6(9-2)3-4-10-7/h6-7H,3-5H2,1-2H3/t6-,7-/m1/s1. The lowest BCUT2D eigenvalue weighted by Crippen LogP contribution is -2.27. The summed E-state index contributed by atoms with van der Waals surface area (Å²) >= 11 is 0. The van der Waals surface area contributed by atoms with Crippen LogP contribution in [0.5, 0.6) is 0 Å². The van der Waals surface area contributed by atoms with Crippen LogP contribution in [0, 0.1) is 0 Å². The first kappa shape index (κ1) is 7.98. The number of hydrogen-bond acceptors (Lipinski definition) is 3. The van der Waals surface area contributed by atoms with Gasteiger partial charge in [-0.15, -0.1) is 0 Å². The molecular formula is C7H14O3. The molecule has 0 aromatic heterocycles. The fraction of sp³-hybridized carbons (Fsp3) is 1.00. The van der Waals surface area contributed by atoms with Crippen LogP contribution >= 0.6 is 0 Å². The van der Waals surface area contributed by atoms with Gasteiger partial charge in [-0.05, 0) is 6.42 Å². The van der Waals surface area contributed by atoms with E-state index in [9.17, 15) is 0 Å². The predicted octanol–water partition coefficient (Wildman–Crippen LogP) is 0.437. The summed E-state index contributed by atoms with van der Waals surface area (Å²) in [7, 11) is 3.39. The highest BCUT2D eigenvalue weighted by Gasteiger charge is 2.27. The highest BCUT2D eigenvalue weighted by molar-refractivity contribution is 4.75. The molecule has 0 aliphatic carbocycles. The molecule has 0 bridgehead atoms. The number of methoxy groups -OCH3 is 2. The minimum absolute atomic E-state index is 0.148. The van der Waals surface area contributed by atoms with Crippen LogP contribution in [0.1, 0.15) is 6.42 Å². The predicted molar refractivity (Wildman–Crippen MR) is 37.0 cm³/mol. The van der Waals surface area contributed by atoms with Crippen molar-refractivity contribution in [3.8, 4) is 0 Å². The van der Waals surface area contributed by atoms with Crippen molar-refractivity contribution in [3.05, 3.63) is 0 Å². The lowest BCUT2D eigenvalue weighted by molar-refractivity contribution is -0.0259. The third kappa shape index (κ3) is 1.68. The largest absolute Gasteiger partial charge is 0.382 e. The van der Waals surface area contributed by atoms with E-state index < -0.39 is 0 Å². The molecule has 1 heterocycles. The van der Waals surface area contributed by atoms with E-state index in [0.29, 0.717) is 6.61 Å². The van der Waals surface area contributed by atoms with E-state index >= 15 is 0 Å². The van der Waals surface area contributed by atoms with E-state index in [2.05, 4.69) is 0 Å². The SMILES string of the molecule is COC[C@H]1OCC[C@H]1OC. The van der Waals surface area contributed by atoms with Gasteiger partial charge in [-0.3, -0.25) is 0 Å². The number of ether oxygens (including phenoxy) is 3. The van der Waals surface area contributed by atoms with Crippen LogP contribution in [0.4, 0.5) is 0 Å².